The minimum Gasteiger partial charge on any atom is -0.378 e. The fraction of sp³-hybridized carbons (Fsp3) is 0.471. The van der Waals surface area contributed by atoms with Gasteiger partial charge in [-0.15, -0.1) is 11.8 Å². The minimum atomic E-state index is 0.276. The molecule has 2 aromatic rings. The number of thioether (sulfide) groups is 1. The molecule has 1 aromatic carbocycles. The monoisotopic (exact) mass is 288 g/mol. The van der Waals surface area contributed by atoms with Gasteiger partial charge in [-0.25, -0.2) is 4.98 Å². The summed E-state index contributed by atoms with van der Waals surface area (Å²) in [4.78, 5) is 6.87. The van der Waals surface area contributed by atoms with Crippen LogP contribution in [0.4, 0.5) is 5.69 Å². The second-order valence-corrected chi connectivity index (χ2v) is 7.48. The average molecular weight is 288 g/mol. The van der Waals surface area contributed by atoms with Crippen LogP contribution in [0.3, 0.4) is 0 Å². The molecule has 0 saturated heterocycles. The van der Waals surface area contributed by atoms with Crippen molar-refractivity contribution >= 4 is 28.4 Å². The second-order valence-electron chi connectivity index (χ2n) is 6.66. The van der Waals surface area contributed by atoms with Crippen LogP contribution in [0.25, 0.3) is 10.9 Å². The largest absolute Gasteiger partial charge is 0.378 e. The van der Waals surface area contributed by atoms with Crippen LogP contribution in [0.2, 0.25) is 0 Å². The van der Waals surface area contributed by atoms with Gasteiger partial charge < -0.3 is 4.90 Å². The molecule has 0 N–H and O–H groups in total. The topological polar surface area (TPSA) is 16.1 Å². The van der Waals surface area contributed by atoms with E-state index in [9.17, 15) is 0 Å². The highest BCUT2D eigenvalue weighted by molar-refractivity contribution is 7.98. The summed E-state index contributed by atoms with van der Waals surface area (Å²) in [6, 6.07) is 8.78. The van der Waals surface area contributed by atoms with Crippen molar-refractivity contribution < 1.29 is 0 Å². The van der Waals surface area contributed by atoms with Gasteiger partial charge in [-0.05, 0) is 47.9 Å². The molecule has 3 heteroatoms. The average Bonchev–Trinajstić information content (AvgIpc) is 2.36. The lowest BCUT2D eigenvalue weighted by molar-refractivity contribution is 0.412. The third-order valence-electron chi connectivity index (χ3n) is 3.30. The van der Waals surface area contributed by atoms with Crippen LogP contribution in [0, 0.1) is 5.41 Å². The van der Waals surface area contributed by atoms with Crippen LogP contribution in [0.5, 0.6) is 0 Å². The van der Waals surface area contributed by atoms with Crippen molar-refractivity contribution in [2.75, 3.05) is 25.3 Å². The Kier molecular flexibility index (Phi) is 4.28. The summed E-state index contributed by atoms with van der Waals surface area (Å²) in [6.45, 7) is 6.86. The number of rotatable bonds is 3. The number of benzene rings is 1. The van der Waals surface area contributed by atoms with E-state index >= 15 is 0 Å². The first-order chi connectivity index (χ1) is 9.30. The predicted molar refractivity (Wildman–Crippen MR) is 91.0 cm³/mol. The van der Waals surface area contributed by atoms with Crippen molar-refractivity contribution in [2.24, 2.45) is 5.41 Å². The molecule has 108 valence electrons. The highest BCUT2D eigenvalue weighted by Gasteiger charge is 2.15. The van der Waals surface area contributed by atoms with Gasteiger partial charge in [-0.2, -0.15) is 0 Å². The van der Waals surface area contributed by atoms with E-state index in [0.29, 0.717) is 0 Å². The first-order valence-electron chi connectivity index (χ1n) is 6.95. The summed E-state index contributed by atoms with van der Waals surface area (Å²) in [5.74, 6) is 0. The highest BCUT2D eigenvalue weighted by atomic mass is 32.2. The molecule has 0 aliphatic heterocycles. The molecule has 0 aliphatic rings. The zero-order chi connectivity index (χ0) is 14.9. The van der Waals surface area contributed by atoms with E-state index in [1.165, 1.54) is 16.6 Å². The Bertz CT molecular complexity index is 612. The van der Waals surface area contributed by atoms with E-state index in [-0.39, 0.29) is 5.41 Å². The Morgan fingerprint density at radius 3 is 2.40 bits per heavy atom. The summed E-state index contributed by atoms with van der Waals surface area (Å²) >= 11 is 1.71. The van der Waals surface area contributed by atoms with Crippen LogP contribution in [-0.2, 0) is 6.42 Å². The van der Waals surface area contributed by atoms with E-state index in [4.69, 9.17) is 4.98 Å². The molecule has 0 amide bonds. The van der Waals surface area contributed by atoms with Crippen molar-refractivity contribution in [3.05, 3.63) is 29.8 Å². The Balaban J connectivity index is 2.63. The predicted octanol–water partition coefficient (Wildman–Crippen LogP) is 4.61. The molecule has 0 radical (unpaired) electrons. The van der Waals surface area contributed by atoms with Crippen molar-refractivity contribution in [2.45, 2.75) is 32.2 Å². The molecule has 0 spiro atoms. The standard InChI is InChI=1S/C17H24N2S/c1-17(2,3)11-12-9-16(20-6)18-15-8-7-13(19(4)5)10-14(12)15/h7-10H,11H2,1-6H3. The first-order valence-corrected chi connectivity index (χ1v) is 8.17. The third kappa shape index (κ3) is 3.45. The fourth-order valence-electron chi connectivity index (χ4n) is 2.36. The summed E-state index contributed by atoms with van der Waals surface area (Å²) < 4.78 is 0. The highest BCUT2D eigenvalue weighted by Crippen LogP contribution is 2.30. The quantitative estimate of drug-likeness (QED) is 0.767. The zero-order valence-corrected chi connectivity index (χ0v) is 14.1. The van der Waals surface area contributed by atoms with Crippen molar-refractivity contribution in [1.29, 1.82) is 0 Å². The van der Waals surface area contributed by atoms with Crippen LogP contribution in [0.15, 0.2) is 29.3 Å². The molecule has 2 rings (SSSR count). The van der Waals surface area contributed by atoms with Gasteiger partial charge in [0.15, 0.2) is 0 Å². The fourth-order valence-corrected chi connectivity index (χ4v) is 2.81. The Hall–Kier alpha value is -1.22. The number of aromatic nitrogens is 1. The lowest BCUT2D eigenvalue weighted by Gasteiger charge is -2.21. The molecular weight excluding hydrogens is 264 g/mol. The van der Waals surface area contributed by atoms with Gasteiger partial charge in [0.1, 0.15) is 0 Å². The van der Waals surface area contributed by atoms with Gasteiger partial charge in [0, 0.05) is 25.2 Å². The van der Waals surface area contributed by atoms with Crippen molar-refractivity contribution in [3.8, 4) is 0 Å². The van der Waals surface area contributed by atoms with Crippen molar-refractivity contribution in [3.63, 3.8) is 0 Å². The molecule has 20 heavy (non-hydrogen) atoms. The molecular formula is C17H24N2S. The van der Waals surface area contributed by atoms with Crippen LogP contribution in [0.1, 0.15) is 26.3 Å². The molecule has 1 aromatic heterocycles. The number of nitrogens with zero attached hydrogens (tertiary/aromatic N) is 2. The zero-order valence-electron chi connectivity index (χ0n) is 13.3. The lowest BCUT2D eigenvalue weighted by Crippen LogP contribution is -2.11. The van der Waals surface area contributed by atoms with Gasteiger partial charge in [0.25, 0.3) is 0 Å². The lowest BCUT2D eigenvalue weighted by atomic mass is 9.87. The molecule has 1 heterocycles. The third-order valence-corrected chi connectivity index (χ3v) is 3.93. The van der Waals surface area contributed by atoms with E-state index in [0.717, 1.165) is 17.0 Å². The maximum absolute atomic E-state index is 4.73. The normalized spacial score (nSPS) is 11.9. The first kappa shape index (κ1) is 15.2. The Morgan fingerprint density at radius 2 is 1.85 bits per heavy atom. The van der Waals surface area contributed by atoms with Crippen LogP contribution >= 0.6 is 11.8 Å². The summed E-state index contributed by atoms with van der Waals surface area (Å²) in [7, 11) is 4.16. The Labute approximate surface area is 126 Å². The number of anilines is 1. The summed E-state index contributed by atoms with van der Waals surface area (Å²) in [5, 5.41) is 2.39. The molecule has 0 fully saturated rings. The Morgan fingerprint density at radius 1 is 1.15 bits per heavy atom. The molecule has 0 unspecified atom stereocenters. The van der Waals surface area contributed by atoms with E-state index < -0.39 is 0 Å². The molecule has 2 nitrogen and oxygen atoms in total. The molecule has 0 bridgehead atoms. The van der Waals surface area contributed by atoms with E-state index in [1.54, 1.807) is 11.8 Å². The number of pyridine rings is 1. The van der Waals surface area contributed by atoms with Crippen LogP contribution < -0.4 is 4.90 Å². The van der Waals surface area contributed by atoms with Gasteiger partial charge in [0.2, 0.25) is 0 Å². The molecule has 0 saturated carbocycles. The molecule has 0 aliphatic carbocycles. The van der Waals surface area contributed by atoms with Gasteiger partial charge in [0.05, 0.1) is 10.5 Å². The van der Waals surface area contributed by atoms with Crippen molar-refractivity contribution in [1.82, 2.24) is 4.98 Å². The van der Waals surface area contributed by atoms with E-state index in [2.05, 4.69) is 70.3 Å². The molecule has 0 atom stereocenters. The van der Waals surface area contributed by atoms with Gasteiger partial charge in [-0.3, -0.25) is 0 Å². The number of fused-ring (bicyclic) bond motifs is 1. The minimum absolute atomic E-state index is 0.276. The van der Waals surface area contributed by atoms with Gasteiger partial charge in [-0.1, -0.05) is 20.8 Å². The summed E-state index contributed by atoms with van der Waals surface area (Å²) in [6.07, 6.45) is 3.15. The SMILES string of the molecule is CSc1cc(CC(C)(C)C)c2cc(N(C)C)ccc2n1. The maximum Gasteiger partial charge on any atom is 0.0967 e. The van der Waals surface area contributed by atoms with Gasteiger partial charge >= 0.3 is 0 Å². The smallest absolute Gasteiger partial charge is 0.0967 e. The number of hydrogen-bond acceptors (Lipinski definition) is 3. The van der Waals surface area contributed by atoms with Crippen LogP contribution in [-0.4, -0.2) is 25.3 Å². The maximum atomic E-state index is 4.73. The second kappa shape index (κ2) is 5.65. The number of hydrogen-bond donors (Lipinski definition) is 0. The summed E-state index contributed by atoms with van der Waals surface area (Å²) in [5.41, 5.74) is 4.00. The van der Waals surface area contributed by atoms with E-state index in [1.807, 2.05) is 0 Å².